The Balaban J connectivity index is 2.60. The van der Waals surface area contributed by atoms with Crippen molar-refractivity contribution in [3.63, 3.8) is 0 Å². The van der Waals surface area contributed by atoms with E-state index in [1.54, 1.807) is 0 Å². The Morgan fingerprint density at radius 1 is 1.16 bits per heavy atom. The fourth-order valence-corrected chi connectivity index (χ4v) is 1.78. The molecule has 19 heavy (non-hydrogen) atoms. The van der Waals surface area contributed by atoms with Crippen LogP contribution in [-0.4, -0.2) is 13.9 Å². The molecule has 2 aromatic rings. The van der Waals surface area contributed by atoms with E-state index in [0.717, 1.165) is 18.4 Å². The van der Waals surface area contributed by atoms with Gasteiger partial charge in [-0.2, -0.15) is 21.6 Å². The van der Waals surface area contributed by atoms with Gasteiger partial charge in [0.05, 0.1) is 11.6 Å². The monoisotopic (exact) mass is 294 g/mol. The first-order valence-electron chi connectivity index (χ1n) is 4.74. The summed E-state index contributed by atoms with van der Waals surface area (Å²) < 4.78 is 67.1. The van der Waals surface area contributed by atoms with E-state index in [4.69, 9.17) is 4.42 Å². The van der Waals surface area contributed by atoms with E-state index in [9.17, 15) is 26.4 Å². The van der Waals surface area contributed by atoms with Crippen LogP contribution in [0.3, 0.4) is 0 Å². The van der Waals surface area contributed by atoms with Crippen molar-refractivity contribution in [2.75, 3.05) is 0 Å². The van der Waals surface area contributed by atoms with Gasteiger partial charge in [-0.15, -0.1) is 0 Å². The number of hydrogen-bond acceptors (Lipinski definition) is 5. The zero-order valence-electron chi connectivity index (χ0n) is 8.97. The minimum Gasteiger partial charge on any atom is -0.460 e. The van der Waals surface area contributed by atoms with Crippen LogP contribution in [0.4, 0.5) is 13.2 Å². The van der Waals surface area contributed by atoms with Gasteiger partial charge < -0.3 is 8.60 Å². The third kappa shape index (κ3) is 2.41. The van der Waals surface area contributed by atoms with E-state index in [0.29, 0.717) is 0 Å². The Morgan fingerprint density at radius 3 is 2.47 bits per heavy atom. The lowest BCUT2D eigenvalue weighted by atomic mass is 10.2. The molecule has 0 spiro atoms. The summed E-state index contributed by atoms with van der Waals surface area (Å²) in [5.74, 6) is -0.701. The van der Waals surface area contributed by atoms with E-state index in [1.165, 1.54) is 12.1 Å². The lowest BCUT2D eigenvalue weighted by Crippen LogP contribution is -2.28. The van der Waals surface area contributed by atoms with E-state index >= 15 is 0 Å². The number of para-hydroxylation sites is 1. The molecule has 102 valence electrons. The third-order valence-electron chi connectivity index (χ3n) is 2.13. The van der Waals surface area contributed by atoms with Crippen LogP contribution in [-0.2, 0) is 10.1 Å². The second kappa shape index (κ2) is 4.26. The van der Waals surface area contributed by atoms with Gasteiger partial charge in [0.1, 0.15) is 0 Å². The normalized spacial score (nSPS) is 12.6. The first-order chi connectivity index (χ1) is 8.72. The van der Waals surface area contributed by atoms with Gasteiger partial charge in [0.2, 0.25) is 0 Å². The Hall–Kier alpha value is -2.03. The Bertz CT molecular complexity index is 776. The number of hydrogen-bond donors (Lipinski definition) is 0. The summed E-state index contributed by atoms with van der Waals surface area (Å²) in [6, 6.07) is 4.45. The zero-order valence-corrected chi connectivity index (χ0v) is 9.79. The molecule has 0 fully saturated rings. The summed E-state index contributed by atoms with van der Waals surface area (Å²) >= 11 is 0. The summed E-state index contributed by atoms with van der Waals surface area (Å²) in [6.45, 7) is 0. The number of benzene rings is 1. The van der Waals surface area contributed by atoms with E-state index in [2.05, 4.69) is 4.18 Å². The van der Waals surface area contributed by atoms with Crippen molar-refractivity contribution < 1.29 is 30.2 Å². The molecular formula is C10H5F3O5S. The van der Waals surface area contributed by atoms with Crippen molar-refractivity contribution in [2.24, 2.45) is 0 Å². The van der Waals surface area contributed by atoms with Crippen LogP contribution in [0.15, 0.2) is 39.7 Å². The molecule has 0 aliphatic carbocycles. The Labute approximate surface area is 104 Å². The highest BCUT2D eigenvalue weighted by Crippen LogP contribution is 2.30. The molecular weight excluding hydrogens is 289 g/mol. The fourth-order valence-electron chi connectivity index (χ4n) is 1.32. The lowest BCUT2D eigenvalue weighted by molar-refractivity contribution is -0.0499. The molecule has 1 heterocycles. The molecule has 0 bridgehead atoms. The van der Waals surface area contributed by atoms with E-state index in [-0.39, 0.29) is 11.0 Å². The highest BCUT2D eigenvalue weighted by molar-refractivity contribution is 7.88. The molecule has 1 aromatic carbocycles. The quantitative estimate of drug-likeness (QED) is 0.626. The maximum atomic E-state index is 12.2. The molecule has 5 nitrogen and oxygen atoms in total. The molecule has 9 heteroatoms. The number of alkyl halides is 3. The summed E-state index contributed by atoms with van der Waals surface area (Å²) in [7, 11) is -5.82. The Morgan fingerprint density at radius 2 is 1.84 bits per heavy atom. The number of fused-ring (bicyclic) bond motifs is 1. The molecule has 0 saturated heterocycles. The predicted octanol–water partition coefficient (Wildman–Crippen LogP) is 2.02. The minimum absolute atomic E-state index is 0.0858. The SMILES string of the molecule is O=c1ccoc2c(OS(=O)(=O)C(F)(F)F)cccc12. The molecule has 0 unspecified atom stereocenters. The van der Waals surface area contributed by atoms with E-state index in [1.807, 2.05) is 0 Å². The van der Waals surface area contributed by atoms with Gasteiger partial charge in [-0.25, -0.2) is 0 Å². The van der Waals surface area contributed by atoms with Gasteiger partial charge >= 0.3 is 15.6 Å². The largest absolute Gasteiger partial charge is 0.534 e. The molecule has 2 rings (SSSR count). The van der Waals surface area contributed by atoms with Crippen molar-refractivity contribution in [2.45, 2.75) is 5.51 Å². The van der Waals surface area contributed by atoms with Crippen LogP contribution < -0.4 is 9.61 Å². The van der Waals surface area contributed by atoms with Crippen LogP contribution in [0.1, 0.15) is 0 Å². The van der Waals surface area contributed by atoms with Crippen LogP contribution >= 0.6 is 0 Å². The molecule has 0 saturated carbocycles. The number of halogens is 3. The van der Waals surface area contributed by atoms with Crippen LogP contribution in [0.2, 0.25) is 0 Å². The number of rotatable bonds is 2. The van der Waals surface area contributed by atoms with Gasteiger partial charge in [0.15, 0.2) is 16.8 Å². The van der Waals surface area contributed by atoms with Gasteiger partial charge in [0, 0.05) is 6.07 Å². The van der Waals surface area contributed by atoms with Crippen molar-refractivity contribution in [3.05, 3.63) is 40.8 Å². The van der Waals surface area contributed by atoms with Crippen molar-refractivity contribution in [1.82, 2.24) is 0 Å². The summed E-state index contributed by atoms with van der Waals surface area (Å²) in [5.41, 5.74) is -6.47. The average Bonchev–Trinajstić information content (AvgIpc) is 2.28. The van der Waals surface area contributed by atoms with Crippen LogP contribution in [0, 0.1) is 0 Å². The zero-order chi connectivity index (χ0) is 14.3. The van der Waals surface area contributed by atoms with Gasteiger partial charge in [-0.3, -0.25) is 4.79 Å². The first-order valence-corrected chi connectivity index (χ1v) is 6.14. The fraction of sp³-hybridized carbons (Fsp3) is 0.100. The van der Waals surface area contributed by atoms with Crippen molar-refractivity contribution >= 4 is 21.1 Å². The molecule has 0 aliphatic heterocycles. The highest BCUT2D eigenvalue weighted by Gasteiger charge is 2.48. The second-order valence-corrected chi connectivity index (χ2v) is 4.94. The van der Waals surface area contributed by atoms with Crippen molar-refractivity contribution in [1.29, 1.82) is 0 Å². The van der Waals surface area contributed by atoms with E-state index < -0.39 is 26.8 Å². The Kier molecular flexibility index (Phi) is 3.01. The highest BCUT2D eigenvalue weighted by atomic mass is 32.2. The molecule has 0 aliphatic rings. The van der Waals surface area contributed by atoms with Gasteiger partial charge in [0.25, 0.3) is 0 Å². The predicted molar refractivity (Wildman–Crippen MR) is 58.1 cm³/mol. The summed E-state index contributed by atoms with van der Waals surface area (Å²) in [5, 5.41) is -0.0858. The summed E-state index contributed by atoms with van der Waals surface area (Å²) in [4.78, 5) is 11.4. The van der Waals surface area contributed by atoms with Gasteiger partial charge in [-0.05, 0) is 12.1 Å². The molecule has 0 atom stereocenters. The molecule has 0 amide bonds. The maximum Gasteiger partial charge on any atom is 0.534 e. The van der Waals surface area contributed by atoms with Crippen LogP contribution in [0.5, 0.6) is 5.75 Å². The lowest BCUT2D eigenvalue weighted by Gasteiger charge is -2.10. The standard InChI is InChI=1S/C10H5F3O5S/c11-10(12,13)19(15,16)18-8-3-1-2-6-7(14)4-5-17-9(6)8/h1-5H. The first kappa shape index (κ1) is 13.4. The molecule has 0 radical (unpaired) electrons. The van der Waals surface area contributed by atoms with Crippen molar-refractivity contribution in [3.8, 4) is 5.75 Å². The molecule has 0 N–H and O–H groups in total. The smallest absolute Gasteiger partial charge is 0.460 e. The minimum atomic E-state index is -5.82. The maximum absolute atomic E-state index is 12.2. The third-order valence-corrected chi connectivity index (χ3v) is 3.10. The van der Waals surface area contributed by atoms with Gasteiger partial charge in [-0.1, -0.05) is 6.07 Å². The second-order valence-electron chi connectivity index (χ2n) is 3.40. The van der Waals surface area contributed by atoms with Crippen LogP contribution in [0.25, 0.3) is 11.0 Å². The summed E-state index contributed by atoms with van der Waals surface area (Å²) in [6.07, 6.45) is 0.928. The topological polar surface area (TPSA) is 73.6 Å². The average molecular weight is 294 g/mol. The molecule has 1 aromatic heterocycles.